The summed E-state index contributed by atoms with van der Waals surface area (Å²) < 4.78 is 5.00. The summed E-state index contributed by atoms with van der Waals surface area (Å²) in [7, 11) is 1.55. The average molecular weight is 358 g/mol. The molecule has 1 heterocycles. The van der Waals surface area contributed by atoms with Crippen molar-refractivity contribution in [3.05, 3.63) is 54.0 Å². The lowest BCUT2D eigenvalue weighted by molar-refractivity contribution is -0.137. The number of nitrogens with zero attached hydrogens (tertiary/aromatic N) is 2. The van der Waals surface area contributed by atoms with Crippen LogP contribution >= 0.6 is 0 Å². The molecule has 8 nitrogen and oxygen atoms in total. The summed E-state index contributed by atoms with van der Waals surface area (Å²) in [5, 5.41) is 14.4. The Hall–Kier alpha value is -3.00. The summed E-state index contributed by atoms with van der Waals surface area (Å²) in [6.45, 7) is 0.314. The molecule has 0 radical (unpaired) electrons. The molecule has 0 bridgehead atoms. The number of aromatic nitrogens is 2. The predicted molar refractivity (Wildman–Crippen MR) is 95.7 cm³/mol. The van der Waals surface area contributed by atoms with Crippen molar-refractivity contribution in [3.63, 3.8) is 0 Å². The minimum atomic E-state index is -0.898. The summed E-state index contributed by atoms with van der Waals surface area (Å²) in [5.41, 5.74) is 1.66. The molecule has 138 valence electrons. The Kier molecular flexibility index (Phi) is 7.50. The molecule has 0 aliphatic carbocycles. The highest BCUT2D eigenvalue weighted by atomic mass is 16.5. The molecule has 8 heteroatoms. The molecule has 2 aromatic rings. The van der Waals surface area contributed by atoms with Gasteiger partial charge in [0.2, 0.25) is 0 Å². The monoisotopic (exact) mass is 358 g/mol. The van der Waals surface area contributed by atoms with E-state index in [1.54, 1.807) is 13.2 Å². The molecular weight excluding hydrogens is 336 g/mol. The van der Waals surface area contributed by atoms with Gasteiger partial charge >= 0.3 is 12.0 Å². The highest BCUT2D eigenvalue weighted by molar-refractivity contribution is 5.88. The van der Waals surface area contributed by atoms with Crippen molar-refractivity contribution >= 4 is 17.8 Å². The quantitative estimate of drug-likeness (QED) is 0.633. The van der Waals surface area contributed by atoms with Crippen LogP contribution < -0.4 is 10.6 Å². The van der Waals surface area contributed by atoms with Gasteiger partial charge in [0, 0.05) is 25.6 Å². The third-order valence-corrected chi connectivity index (χ3v) is 3.62. The van der Waals surface area contributed by atoms with Gasteiger partial charge in [0.1, 0.15) is 12.1 Å². The van der Waals surface area contributed by atoms with Gasteiger partial charge in [-0.05, 0) is 18.4 Å². The number of carboxylic acids is 1. The standard InChI is InChI=1S/C18H22N4O4/c1-26-11-15-10-16(20-12-19-15)22-18(25)21-14(7-8-17(23)24)9-13-5-3-2-4-6-13/h2-6,10,12,14H,7-9,11H2,1H3,(H,23,24)(H2,19,20,21,22,25). The molecule has 3 N–H and O–H groups in total. The van der Waals surface area contributed by atoms with Crippen LogP contribution in [0.4, 0.5) is 10.6 Å². The molecule has 0 saturated carbocycles. The zero-order valence-corrected chi connectivity index (χ0v) is 14.5. The third-order valence-electron chi connectivity index (χ3n) is 3.62. The molecular formula is C18H22N4O4. The number of carboxylic acid groups (broad SMARTS) is 1. The number of ether oxygens (including phenoxy) is 1. The number of aliphatic carboxylic acids is 1. The molecule has 1 unspecified atom stereocenters. The van der Waals surface area contributed by atoms with E-state index in [9.17, 15) is 9.59 Å². The second-order valence-electron chi connectivity index (χ2n) is 5.75. The highest BCUT2D eigenvalue weighted by Gasteiger charge is 2.15. The van der Waals surface area contributed by atoms with Crippen molar-refractivity contribution in [2.45, 2.75) is 31.9 Å². The van der Waals surface area contributed by atoms with Crippen molar-refractivity contribution in [2.24, 2.45) is 0 Å². The molecule has 2 amide bonds. The van der Waals surface area contributed by atoms with E-state index in [4.69, 9.17) is 9.84 Å². The summed E-state index contributed by atoms with van der Waals surface area (Å²) in [6.07, 6.45) is 2.19. The first-order valence-corrected chi connectivity index (χ1v) is 8.20. The average Bonchev–Trinajstić information content (AvgIpc) is 2.61. The normalized spacial score (nSPS) is 11.6. The van der Waals surface area contributed by atoms with Crippen molar-refractivity contribution in [1.82, 2.24) is 15.3 Å². The van der Waals surface area contributed by atoms with E-state index in [0.29, 0.717) is 31.0 Å². The van der Waals surface area contributed by atoms with Crippen molar-refractivity contribution in [3.8, 4) is 0 Å². The third kappa shape index (κ3) is 6.86. The number of hydrogen-bond acceptors (Lipinski definition) is 5. The minimum Gasteiger partial charge on any atom is -0.481 e. The second-order valence-corrected chi connectivity index (χ2v) is 5.75. The smallest absolute Gasteiger partial charge is 0.320 e. The van der Waals surface area contributed by atoms with E-state index in [1.165, 1.54) is 6.33 Å². The largest absolute Gasteiger partial charge is 0.481 e. The fraction of sp³-hybridized carbons (Fsp3) is 0.333. The van der Waals surface area contributed by atoms with Gasteiger partial charge in [0.15, 0.2) is 0 Å². The van der Waals surface area contributed by atoms with Crippen LogP contribution in [-0.4, -0.2) is 40.2 Å². The zero-order chi connectivity index (χ0) is 18.8. The molecule has 2 rings (SSSR count). The first kappa shape index (κ1) is 19.3. The Balaban J connectivity index is 1.98. The van der Waals surface area contributed by atoms with Crippen LogP contribution in [0.15, 0.2) is 42.7 Å². The summed E-state index contributed by atoms with van der Waals surface area (Å²) in [4.78, 5) is 31.2. The highest BCUT2D eigenvalue weighted by Crippen LogP contribution is 2.09. The van der Waals surface area contributed by atoms with E-state index in [1.807, 2.05) is 30.3 Å². The number of carbonyl (C=O) groups is 2. The lowest BCUT2D eigenvalue weighted by Gasteiger charge is -2.18. The Bertz CT molecular complexity index is 724. The first-order chi connectivity index (χ1) is 12.6. The topological polar surface area (TPSA) is 113 Å². The predicted octanol–water partition coefficient (Wildman–Crippen LogP) is 2.22. The number of benzene rings is 1. The van der Waals surface area contributed by atoms with Crippen molar-refractivity contribution < 1.29 is 19.4 Å². The van der Waals surface area contributed by atoms with E-state index in [2.05, 4.69) is 20.6 Å². The number of hydrogen-bond donors (Lipinski definition) is 3. The fourth-order valence-electron chi connectivity index (χ4n) is 2.45. The summed E-state index contributed by atoms with van der Waals surface area (Å²) in [6, 6.07) is 10.5. The minimum absolute atomic E-state index is 0.0245. The van der Waals surface area contributed by atoms with Gasteiger partial charge in [-0.2, -0.15) is 0 Å². The maximum atomic E-state index is 12.3. The van der Waals surface area contributed by atoms with Crippen LogP contribution in [0.25, 0.3) is 0 Å². The number of anilines is 1. The lowest BCUT2D eigenvalue weighted by atomic mass is 10.0. The van der Waals surface area contributed by atoms with Gasteiger partial charge in [0.25, 0.3) is 0 Å². The molecule has 0 spiro atoms. The Labute approximate surface area is 151 Å². The maximum Gasteiger partial charge on any atom is 0.320 e. The first-order valence-electron chi connectivity index (χ1n) is 8.20. The van der Waals surface area contributed by atoms with Gasteiger partial charge in [-0.3, -0.25) is 10.1 Å². The van der Waals surface area contributed by atoms with Crippen LogP contribution in [0, 0.1) is 0 Å². The van der Waals surface area contributed by atoms with Crippen molar-refractivity contribution in [2.75, 3.05) is 12.4 Å². The number of amides is 2. The van der Waals surface area contributed by atoms with E-state index >= 15 is 0 Å². The van der Waals surface area contributed by atoms with Crippen LogP contribution in [0.5, 0.6) is 0 Å². The van der Waals surface area contributed by atoms with E-state index in [-0.39, 0.29) is 12.5 Å². The Morgan fingerprint density at radius 2 is 2.00 bits per heavy atom. The van der Waals surface area contributed by atoms with Crippen LogP contribution in [0.1, 0.15) is 24.1 Å². The van der Waals surface area contributed by atoms with Crippen LogP contribution in [-0.2, 0) is 22.6 Å². The molecule has 1 aromatic carbocycles. The van der Waals surface area contributed by atoms with Gasteiger partial charge in [-0.1, -0.05) is 30.3 Å². The molecule has 0 fully saturated rings. The van der Waals surface area contributed by atoms with Gasteiger partial charge < -0.3 is 15.2 Å². The number of carbonyl (C=O) groups excluding carboxylic acids is 1. The maximum absolute atomic E-state index is 12.3. The number of urea groups is 1. The number of methoxy groups -OCH3 is 1. The van der Waals surface area contributed by atoms with Gasteiger partial charge in [-0.25, -0.2) is 14.8 Å². The number of nitrogens with one attached hydrogen (secondary N) is 2. The van der Waals surface area contributed by atoms with Crippen LogP contribution in [0.3, 0.4) is 0 Å². The number of rotatable bonds is 9. The van der Waals surface area contributed by atoms with Gasteiger partial charge in [-0.15, -0.1) is 0 Å². The van der Waals surface area contributed by atoms with E-state index < -0.39 is 12.0 Å². The Morgan fingerprint density at radius 1 is 1.23 bits per heavy atom. The van der Waals surface area contributed by atoms with Crippen LogP contribution in [0.2, 0.25) is 0 Å². The summed E-state index contributed by atoms with van der Waals surface area (Å²) in [5.74, 6) is -0.550. The molecule has 1 aromatic heterocycles. The molecule has 26 heavy (non-hydrogen) atoms. The SMILES string of the molecule is COCc1cc(NC(=O)NC(CCC(=O)O)Cc2ccccc2)ncn1. The van der Waals surface area contributed by atoms with E-state index in [0.717, 1.165) is 5.56 Å². The molecule has 0 saturated heterocycles. The van der Waals surface area contributed by atoms with Gasteiger partial charge in [0.05, 0.1) is 12.3 Å². The zero-order valence-electron chi connectivity index (χ0n) is 14.5. The second kappa shape index (κ2) is 10.1. The fourth-order valence-corrected chi connectivity index (χ4v) is 2.45. The summed E-state index contributed by atoms with van der Waals surface area (Å²) >= 11 is 0. The molecule has 0 aliphatic heterocycles. The lowest BCUT2D eigenvalue weighted by Crippen LogP contribution is -2.39. The Morgan fingerprint density at radius 3 is 2.69 bits per heavy atom. The van der Waals surface area contributed by atoms with Crippen molar-refractivity contribution in [1.29, 1.82) is 0 Å². The molecule has 0 aliphatic rings. The molecule has 1 atom stereocenters.